The van der Waals surface area contributed by atoms with Crippen LogP contribution < -0.4 is 5.32 Å². The predicted octanol–water partition coefficient (Wildman–Crippen LogP) is 3.76. The number of carboxylic acids is 1. The van der Waals surface area contributed by atoms with Gasteiger partial charge in [0.25, 0.3) is 0 Å². The fourth-order valence-corrected chi connectivity index (χ4v) is 3.56. The third kappa shape index (κ3) is 3.17. The molecule has 0 fully saturated rings. The molecular formula is C17H21NO2S. The molecule has 0 aliphatic heterocycles. The molecule has 0 amide bonds. The smallest absolute Gasteiger partial charge is 0.328 e. The molecule has 4 heteroatoms. The molecule has 2 rings (SSSR count). The zero-order chi connectivity index (χ0) is 15.6. The van der Waals surface area contributed by atoms with Crippen LogP contribution in [0.25, 0.3) is 0 Å². The second kappa shape index (κ2) is 6.00. The Kier molecular flexibility index (Phi) is 4.49. The van der Waals surface area contributed by atoms with Gasteiger partial charge in [-0.1, -0.05) is 23.8 Å². The Labute approximate surface area is 129 Å². The van der Waals surface area contributed by atoms with Gasteiger partial charge in [-0.2, -0.15) is 0 Å². The SMILES string of the molecule is Cc1cc(C)c(C(C)(NCc2cccs2)C(=O)O)c(C)c1. The van der Waals surface area contributed by atoms with Gasteiger partial charge in [-0.15, -0.1) is 11.3 Å². The summed E-state index contributed by atoms with van der Waals surface area (Å²) < 4.78 is 0. The maximum atomic E-state index is 11.9. The molecule has 1 atom stereocenters. The summed E-state index contributed by atoms with van der Waals surface area (Å²) in [5.74, 6) is -0.853. The van der Waals surface area contributed by atoms with E-state index < -0.39 is 11.5 Å². The number of aliphatic carboxylic acids is 1. The Bertz CT molecular complexity index is 626. The maximum absolute atomic E-state index is 11.9. The lowest BCUT2D eigenvalue weighted by molar-refractivity contribution is -0.144. The third-order valence-electron chi connectivity index (χ3n) is 3.80. The van der Waals surface area contributed by atoms with Crippen molar-refractivity contribution in [3.05, 3.63) is 56.8 Å². The molecule has 0 saturated heterocycles. The molecule has 0 aliphatic carbocycles. The number of aryl methyl sites for hydroxylation is 3. The molecule has 1 aromatic carbocycles. The summed E-state index contributed by atoms with van der Waals surface area (Å²) in [5.41, 5.74) is 2.94. The van der Waals surface area contributed by atoms with E-state index in [4.69, 9.17) is 0 Å². The van der Waals surface area contributed by atoms with Crippen molar-refractivity contribution < 1.29 is 9.90 Å². The van der Waals surface area contributed by atoms with Crippen molar-refractivity contribution >= 4 is 17.3 Å². The van der Waals surface area contributed by atoms with Gasteiger partial charge in [0, 0.05) is 11.4 Å². The molecule has 0 saturated carbocycles. The molecule has 3 nitrogen and oxygen atoms in total. The Morgan fingerprint density at radius 2 is 1.90 bits per heavy atom. The number of nitrogens with one attached hydrogen (secondary N) is 1. The predicted molar refractivity (Wildman–Crippen MR) is 86.8 cm³/mol. The zero-order valence-corrected chi connectivity index (χ0v) is 13.7. The van der Waals surface area contributed by atoms with Crippen molar-refractivity contribution in [1.29, 1.82) is 0 Å². The summed E-state index contributed by atoms with van der Waals surface area (Å²) in [5, 5.41) is 15.0. The molecule has 0 radical (unpaired) electrons. The van der Waals surface area contributed by atoms with E-state index >= 15 is 0 Å². The first-order chi connectivity index (χ1) is 9.84. The van der Waals surface area contributed by atoms with Crippen LogP contribution in [0.2, 0.25) is 0 Å². The van der Waals surface area contributed by atoms with Gasteiger partial charge < -0.3 is 5.11 Å². The van der Waals surface area contributed by atoms with E-state index in [2.05, 4.69) is 5.32 Å². The van der Waals surface area contributed by atoms with Crippen LogP contribution in [0.3, 0.4) is 0 Å². The van der Waals surface area contributed by atoms with Gasteiger partial charge in [-0.3, -0.25) is 5.32 Å². The summed E-state index contributed by atoms with van der Waals surface area (Å²) in [6, 6.07) is 8.06. The molecule has 0 aliphatic rings. The van der Waals surface area contributed by atoms with E-state index in [0.717, 1.165) is 27.1 Å². The van der Waals surface area contributed by atoms with Gasteiger partial charge in [-0.25, -0.2) is 4.79 Å². The summed E-state index contributed by atoms with van der Waals surface area (Å²) in [7, 11) is 0. The van der Waals surface area contributed by atoms with Crippen LogP contribution in [0, 0.1) is 20.8 Å². The minimum absolute atomic E-state index is 0.549. The Balaban J connectivity index is 2.40. The van der Waals surface area contributed by atoms with E-state index in [1.165, 1.54) is 0 Å². The Hall–Kier alpha value is -1.65. The quantitative estimate of drug-likeness (QED) is 0.884. The van der Waals surface area contributed by atoms with Crippen molar-refractivity contribution in [3.8, 4) is 0 Å². The van der Waals surface area contributed by atoms with Crippen LogP contribution in [-0.2, 0) is 16.9 Å². The molecule has 0 bridgehead atoms. The third-order valence-corrected chi connectivity index (χ3v) is 4.68. The van der Waals surface area contributed by atoms with Crippen LogP contribution in [0.1, 0.15) is 34.1 Å². The van der Waals surface area contributed by atoms with Gasteiger partial charge >= 0.3 is 5.97 Å². The number of rotatable bonds is 5. The summed E-state index contributed by atoms with van der Waals surface area (Å²) in [6.45, 7) is 8.27. The van der Waals surface area contributed by atoms with E-state index in [-0.39, 0.29) is 0 Å². The van der Waals surface area contributed by atoms with Gasteiger partial charge in [0.1, 0.15) is 5.54 Å². The first-order valence-corrected chi connectivity index (χ1v) is 7.81. The van der Waals surface area contributed by atoms with E-state index in [1.807, 2.05) is 50.4 Å². The Morgan fingerprint density at radius 1 is 1.29 bits per heavy atom. The van der Waals surface area contributed by atoms with E-state index in [0.29, 0.717) is 6.54 Å². The molecule has 2 N–H and O–H groups in total. The number of carboxylic acid groups (broad SMARTS) is 1. The highest BCUT2D eigenvalue weighted by atomic mass is 32.1. The molecule has 1 unspecified atom stereocenters. The summed E-state index contributed by atoms with van der Waals surface area (Å²) in [4.78, 5) is 13.0. The first-order valence-electron chi connectivity index (χ1n) is 6.93. The highest BCUT2D eigenvalue weighted by Crippen LogP contribution is 2.29. The fourth-order valence-electron chi connectivity index (χ4n) is 2.92. The molecule has 112 valence electrons. The van der Waals surface area contributed by atoms with Crippen molar-refractivity contribution in [3.63, 3.8) is 0 Å². The fraction of sp³-hybridized carbons (Fsp3) is 0.353. The highest BCUT2D eigenvalue weighted by molar-refractivity contribution is 7.09. The lowest BCUT2D eigenvalue weighted by Gasteiger charge is -2.30. The molecule has 1 heterocycles. The van der Waals surface area contributed by atoms with Gasteiger partial charge in [0.05, 0.1) is 0 Å². The number of benzene rings is 1. The number of hydrogen-bond acceptors (Lipinski definition) is 3. The highest BCUT2D eigenvalue weighted by Gasteiger charge is 2.37. The number of hydrogen-bond donors (Lipinski definition) is 2. The largest absolute Gasteiger partial charge is 0.480 e. The first kappa shape index (κ1) is 15.7. The zero-order valence-electron chi connectivity index (χ0n) is 12.9. The normalized spacial score (nSPS) is 13.9. The monoisotopic (exact) mass is 303 g/mol. The number of thiophene rings is 1. The van der Waals surface area contributed by atoms with Gasteiger partial charge in [0.2, 0.25) is 0 Å². The van der Waals surface area contributed by atoms with E-state index in [1.54, 1.807) is 18.3 Å². The van der Waals surface area contributed by atoms with E-state index in [9.17, 15) is 9.90 Å². The van der Waals surface area contributed by atoms with Crippen LogP contribution in [0.5, 0.6) is 0 Å². The minimum atomic E-state index is -1.09. The second-order valence-electron chi connectivity index (χ2n) is 5.64. The lowest BCUT2D eigenvalue weighted by Crippen LogP contribution is -2.47. The average Bonchev–Trinajstić information content (AvgIpc) is 2.87. The van der Waals surface area contributed by atoms with Crippen LogP contribution >= 0.6 is 11.3 Å². The Morgan fingerprint density at radius 3 is 2.38 bits per heavy atom. The molecule has 0 spiro atoms. The topological polar surface area (TPSA) is 49.3 Å². The molecule has 21 heavy (non-hydrogen) atoms. The van der Waals surface area contributed by atoms with Crippen molar-refractivity contribution in [2.75, 3.05) is 0 Å². The summed E-state index contributed by atoms with van der Waals surface area (Å²) in [6.07, 6.45) is 0. The average molecular weight is 303 g/mol. The van der Waals surface area contributed by atoms with Crippen LogP contribution in [0.15, 0.2) is 29.6 Å². The lowest BCUT2D eigenvalue weighted by atomic mass is 9.84. The standard InChI is InChI=1S/C17H21NO2S/c1-11-8-12(2)15(13(3)9-11)17(4,16(19)20)18-10-14-6-5-7-21-14/h5-9,18H,10H2,1-4H3,(H,19,20). The van der Waals surface area contributed by atoms with Gasteiger partial charge in [-0.05, 0) is 55.8 Å². The van der Waals surface area contributed by atoms with Crippen molar-refractivity contribution in [1.82, 2.24) is 5.32 Å². The minimum Gasteiger partial charge on any atom is -0.480 e. The van der Waals surface area contributed by atoms with Crippen LogP contribution in [-0.4, -0.2) is 11.1 Å². The van der Waals surface area contributed by atoms with Gasteiger partial charge in [0.15, 0.2) is 0 Å². The van der Waals surface area contributed by atoms with Crippen molar-refractivity contribution in [2.24, 2.45) is 0 Å². The summed E-state index contributed by atoms with van der Waals surface area (Å²) >= 11 is 1.63. The molecule has 2 aromatic rings. The number of carbonyl (C=O) groups is 1. The maximum Gasteiger partial charge on any atom is 0.328 e. The van der Waals surface area contributed by atoms with Crippen molar-refractivity contribution in [2.45, 2.75) is 39.8 Å². The molecule has 1 aromatic heterocycles. The molecular weight excluding hydrogens is 282 g/mol. The van der Waals surface area contributed by atoms with Crippen LogP contribution in [0.4, 0.5) is 0 Å². The second-order valence-corrected chi connectivity index (χ2v) is 6.67.